The quantitative estimate of drug-likeness (QED) is 0.403. The molecule has 0 aliphatic carbocycles. The molecular formula is C27H27Cl2F6N3O2. The summed E-state index contributed by atoms with van der Waals surface area (Å²) in [5, 5.41) is 3.74. The molecule has 2 fully saturated rings. The monoisotopic (exact) mass is 609 g/mol. The Morgan fingerprint density at radius 3 is 2.05 bits per heavy atom. The summed E-state index contributed by atoms with van der Waals surface area (Å²) >= 11 is 12.3. The summed E-state index contributed by atoms with van der Waals surface area (Å²) in [5.41, 5.74) is -3.22. The Morgan fingerprint density at radius 2 is 1.50 bits per heavy atom. The van der Waals surface area contributed by atoms with Crippen molar-refractivity contribution in [2.45, 2.75) is 43.6 Å². The second kappa shape index (κ2) is 11.8. The Morgan fingerprint density at radius 1 is 0.900 bits per heavy atom. The van der Waals surface area contributed by atoms with Crippen LogP contribution in [0.15, 0.2) is 36.4 Å². The van der Waals surface area contributed by atoms with Crippen molar-refractivity contribution in [3.8, 4) is 0 Å². The lowest BCUT2D eigenvalue weighted by molar-refractivity contribution is -0.143. The zero-order chi connectivity index (χ0) is 29.4. The number of carbonyl (C=O) groups excluding carboxylic acids is 2. The molecule has 4 rings (SSSR count). The highest BCUT2D eigenvalue weighted by molar-refractivity contribution is 6.42. The highest BCUT2D eigenvalue weighted by atomic mass is 35.5. The molecule has 2 aromatic carbocycles. The Balaban J connectivity index is 1.67. The van der Waals surface area contributed by atoms with Crippen molar-refractivity contribution >= 4 is 35.0 Å². The minimum Gasteiger partial charge on any atom is -0.342 e. The predicted octanol–water partition coefficient (Wildman–Crippen LogP) is 6.49. The largest absolute Gasteiger partial charge is 0.416 e. The molecule has 218 valence electrons. The van der Waals surface area contributed by atoms with E-state index in [1.54, 1.807) is 23.1 Å². The summed E-state index contributed by atoms with van der Waals surface area (Å²) in [6, 6.07) is 5.05. The number of likely N-dealkylation sites (N-methyl/N-ethyl adjacent to an activating group) is 1. The van der Waals surface area contributed by atoms with Crippen LogP contribution in [0.25, 0.3) is 0 Å². The maximum absolute atomic E-state index is 13.4. The first-order chi connectivity index (χ1) is 18.7. The van der Waals surface area contributed by atoms with Crippen molar-refractivity contribution < 1.29 is 35.9 Å². The molecule has 2 heterocycles. The number of carbonyl (C=O) groups is 2. The van der Waals surface area contributed by atoms with Crippen molar-refractivity contribution in [1.29, 1.82) is 0 Å². The Labute approximate surface area is 237 Å². The van der Waals surface area contributed by atoms with Gasteiger partial charge in [-0.3, -0.25) is 9.59 Å². The van der Waals surface area contributed by atoms with Gasteiger partial charge in [-0.15, -0.1) is 0 Å². The van der Waals surface area contributed by atoms with Crippen molar-refractivity contribution in [2.24, 2.45) is 5.92 Å². The number of rotatable bonds is 4. The Bertz CT molecular complexity index is 1230. The minimum atomic E-state index is -5.09. The predicted molar refractivity (Wildman–Crippen MR) is 138 cm³/mol. The lowest BCUT2D eigenvalue weighted by Gasteiger charge is -2.44. The zero-order valence-electron chi connectivity index (χ0n) is 21.4. The first-order valence-electron chi connectivity index (χ1n) is 12.7. The fourth-order valence-electron chi connectivity index (χ4n) is 5.43. The summed E-state index contributed by atoms with van der Waals surface area (Å²) in [7, 11) is 1.34. The third kappa shape index (κ3) is 6.69. The van der Waals surface area contributed by atoms with Crippen LogP contribution in [0.3, 0.4) is 0 Å². The summed E-state index contributed by atoms with van der Waals surface area (Å²) in [4.78, 5) is 29.6. The van der Waals surface area contributed by atoms with E-state index in [-0.39, 0.29) is 47.4 Å². The van der Waals surface area contributed by atoms with Crippen LogP contribution in [0.5, 0.6) is 0 Å². The van der Waals surface area contributed by atoms with Gasteiger partial charge in [0, 0.05) is 43.6 Å². The molecule has 2 saturated heterocycles. The summed E-state index contributed by atoms with van der Waals surface area (Å²) in [5.74, 6) is -1.69. The van der Waals surface area contributed by atoms with E-state index >= 15 is 0 Å². The van der Waals surface area contributed by atoms with Crippen LogP contribution >= 0.6 is 23.2 Å². The van der Waals surface area contributed by atoms with E-state index in [9.17, 15) is 35.9 Å². The lowest BCUT2D eigenvalue weighted by atomic mass is 9.83. The summed E-state index contributed by atoms with van der Waals surface area (Å²) < 4.78 is 80.5. The third-order valence-corrected chi connectivity index (χ3v) is 8.34. The molecule has 0 radical (unpaired) electrons. The smallest absolute Gasteiger partial charge is 0.342 e. The lowest BCUT2D eigenvalue weighted by Crippen LogP contribution is -2.53. The van der Waals surface area contributed by atoms with E-state index in [2.05, 4.69) is 5.32 Å². The normalized spacial score (nSPS) is 20.9. The number of likely N-dealkylation sites (tertiary alicyclic amines) is 1. The molecule has 2 atom stereocenters. The number of alkyl halides is 6. The standard InChI is InChI=1S/C27H27Cl2F6N3O2/c1-37(24(39)17-10-18(26(30,31)32)13-19(11-17)27(33,34)35)23-6-9-38(25(40)15-4-7-36-8-5-15)14-20(23)16-2-3-21(28)22(29)12-16/h2-3,10-13,15,20,23,36H,4-9,14H2,1H3. The SMILES string of the molecule is CN(C(=O)c1cc(C(F)(F)F)cc(C(F)(F)F)c1)C1CCN(C(=O)C2CCNCC2)CC1c1ccc(Cl)c(Cl)c1. The van der Waals surface area contributed by atoms with Gasteiger partial charge in [0.15, 0.2) is 0 Å². The molecule has 13 heteroatoms. The number of nitrogens with one attached hydrogen (secondary N) is 1. The number of nitrogens with zero attached hydrogens (tertiary/aromatic N) is 2. The fourth-order valence-corrected chi connectivity index (χ4v) is 5.74. The highest BCUT2D eigenvalue weighted by Gasteiger charge is 2.41. The van der Waals surface area contributed by atoms with Crippen molar-refractivity contribution in [1.82, 2.24) is 15.1 Å². The number of amides is 2. The molecule has 0 bridgehead atoms. The molecule has 0 aromatic heterocycles. The number of benzene rings is 2. The third-order valence-electron chi connectivity index (χ3n) is 7.60. The van der Waals surface area contributed by atoms with Crippen LogP contribution in [0.4, 0.5) is 26.3 Å². The Kier molecular flexibility index (Phi) is 8.97. The van der Waals surface area contributed by atoms with E-state index in [4.69, 9.17) is 23.2 Å². The van der Waals surface area contributed by atoms with Gasteiger partial charge in [-0.1, -0.05) is 29.3 Å². The minimum absolute atomic E-state index is 0.0137. The molecule has 1 N–H and O–H groups in total. The van der Waals surface area contributed by atoms with Crippen molar-refractivity contribution in [3.63, 3.8) is 0 Å². The molecule has 2 unspecified atom stereocenters. The maximum Gasteiger partial charge on any atom is 0.416 e. The number of hydrogen-bond donors (Lipinski definition) is 1. The van der Waals surface area contributed by atoms with E-state index in [0.717, 1.165) is 18.0 Å². The molecule has 0 spiro atoms. The summed E-state index contributed by atoms with van der Waals surface area (Å²) in [6.45, 7) is 1.91. The van der Waals surface area contributed by atoms with Crippen molar-refractivity contribution in [2.75, 3.05) is 33.2 Å². The van der Waals surface area contributed by atoms with Gasteiger partial charge in [0.25, 0.3) is 5.91 Å². The van der Waals surface area contributed by atoms with Crippen molar-refractivity contribution in [3.05, 3.63) is 68.7 Å². The van der Waals surface area contributed by atoms with Gasteiger partial charge >= 0.3 is 12.4 Å². The topological polar surface area (TPSA) is 52.7 Å². The van der Waals surface area contributed by atoms with Crippen LogP contribution in [-0.2, 0) is 17.1 Å². The van der Waals surface area contributed by atoms with E-state index in [1.807, 2.05) is 0 Å². The number of halogens is 8. The van der Waals surface area contributed by atoms with Crippen LogP contribution in [0, 0.1) is 5.92 Å². The molecular weight excluding hydrogens is 583 g/mol. The zero-order valence-corrected chi connectivity index (χ0v) is 22.9. The Hall–Kier alpha value is -2.50. The molecule has 2 aromatic rings. The van der Waals surface area contributed by atoms with E-state index in [0.29, 0.717) is 30.5 Å². The van der Waals surface area contributed by atoms with Gasteiger partial charge < -0.3 is 15.1 Å². The number of piperidine rings is 2. The molecule has 2 aliphatic rings. The van der Waals surface area contributed by atoms with Crippen LogP contribution in [0.1, 0.15) is 52.2 Å². The number of hydrogen-bond acceptors (Lipinski definition) is 3. The van der Waals surface area contributed by atoms with Gasteiger partial charge in [-0.25, -0.2) is 0 Å². The molecule has 5 nitrogen and oxygen atoms in total. The summed E-state index contributed by atoms with van der Waals surface area (Å²) in [6.07, 6.45) is -8.54. The average molecular weight is 610 g/mol. The first-order valence-corrected chi connectivity index (χ1v) is 13.4. The molecule has 0 saturated carbocycles. The van der Waals surface area contributed by atoms with E-state index < -0.39 is 46.9 Å². The molecule has 2 aliphatic heterocycles. The van der Waals surface area contributed by atoms with Crippen LogP contribution in [0.2, 0.25) is 10.0 Å². The van der Waals surface area contributed by atoms with Gasteiger partial charge in [0.05, 0.1) is 21.2 Å². The molecule has 2 amide bonds. The van der Waals surface area contributed by atoms with Gasteiger partial charge in [-0.2, -0.15) is 26.3 Å². The highest BCUT2D eigenvalue weighted by Crippen LogP contribution is 2.38. The maximum atomic E-state index is 13.4. The fraction of sp³-hybridized carbons (Fsp3) is 0.481. The molecule has 40 heavy (non-hydrogen) atoms. The van der Waals surface area contributed by atoms with Gasteiger partial charge in [-0.05, 0) is 68.2 Å². The first kappa shape index (κ1) is 30.5. The second-order valence-electron chi connectivity index (χ2n) is 10.2. The van der Waals surface area contributed by atoms with Crippen LogP contribution in [-0.4, -0.2) is 60.9 Å². The van der Waals surface area contributed by atoms with Crippen LogP contribution < -0.4 is 5.32 Å². The second-order valence-corrected chi connectivity index (χ2v) is 11.0. The van der Waals surface area contributed by atoms with E-state index in [1.165, 1.54) is 7.05 Å². The van der Waals surface area contributed by atoms with Gasteiger partial charge in [0.2, 0.25) is 5.91 Å². The average Bonchev–Trinajstić information content (AvgIpc) is 2.92. The van der Waals surface area contributed by atoms with Gasteiger partial charge in [0.1, 0.15) is 0 Å².